The molecule has 3 atom stereocenters. The lowest BCUT2D eigenvalue weighted by molar-refractivity contribution is -0.149. The molecule has 16 heteroatoms. The number of nitrogens with one attached hydrogen (secondary N) is 1. The van der Waals surface area contributed by atoms with Crippen LogP contribution in [0.5, 0.6) is 17.2 Å². The third kappa shape index (κ3) is 11.4. The molecule has 4 aromatic rings. The smallest absolute Gasteiger partial charge is 0.342 e. The second-order valence-corrected chi connectivity index (χ2v) is 12.5. The molecule has 47 heavy (non-hydrogen) atoms. The topological polar surface area (TPSA) is 210 Å². The van der Waals surface area contributed by atoms with E-state index in [1.807, 2.05) is 13.0 Å². The number of anilines is 1. The number of rotatable bonds is 14. The third-order valence-electron chi connectivity index (χ3n) is 6.13. The molecule has 0 fully saturated rings. The van der Waals surface area contributed by atoms with E-state index in [1.165, 1.54) is 25.6 Å². The lowest BCUT2D eigenvalue weighted by Crippen LogP contribution is -2.37. The van der Waals surface area contributed by atoms with Crippen LogP contribution >= 0.6 is 7.52 Å². The maximum absolute atomic E-state index is 13.6. The number of hydrogen-bond donors (Lipinski definition) is 4. The summed E-state index contributed by atoms with van der Waals surface area (Å²) in [5.74, 6) is -0.520. The summed E-state index contributed by atoms with van der Waals surface area (Å²) >= 11 is 0. The Labute approximate surface area is 271 Å². The number of esters is 1. The molecular weight excluding hydrogens is 631 g/mol. The van der Waals surface area contributed by atoms with Gasteiger partial charge in [-0.3, -0.25) is 9.36 Å². The fraction of sp³-hybridized carbons (Fsp3) is 0.323. The number of nitrogen functional groups attached to an aromatic ring is 1. The highest BCUT2D eigenvalue weighted by atomic mass is 31.2. The SMILES string of the molecule is CC(C)OC(=O)[C@H](C)N[P@](=O)(CO[C@H](C)Cn1cnc2c(N)ncnc21)Oc1ccccc1.COc1cc(/C=C/C(=O)O)ccc1O. The fourth-order valence-corrected chi connectivity index (χ4v) is 5.76. The van der Waals surface area contributed by atoms with Gasteiger partial charge in [-0.15, -0.1) is 0 Å². The van der Waals surface area contributed by atoms with E-state index in [1.54, 1.807) is 68.1 Å². The molecule has 2 aromatic carbocycles. The van der Waals surface area contributed by atoms with Crippen molar-refractivity contribution < 1.29 is 43.1 Å². The van der Waals surface area contributed by atoms with E-state index in [2.05, 4.69) is 20.0 Å². The first-order valence-corrected chi connectivity index (χ1v) is 16.2. The van der Waals surface area contributed by atoms with Gasteiger partial charge >= 0.3 is 19.5 Å². The number of benzene rings is 2. The van der Waals surface area contributed by atoms with Gasteiger partial charge < -0.3 is 39.2 Å². The van der Waals surface area contributed by atoms with Crippen LogP contribution in [-0.2, 0) is 30.2 Å². The maximum atomic E-state index is 13.6. The number of para-hydroxylation sites is 1. The van der Waals surface area contributed by atoms with Gasteiger partial charge in [0.05, 0.1) is 32.2 Å². The molecule has 252 valence electrons. The van der Waals surface area contributed by atoms with Crippen molar-refractivity contribution >= 4 is 42.5 Å². The Morgan fingerprint density at radius 2 is 1.81 bits per heavy atom. The van der Waals surface area contributed by atoms with Gasteiger partial charge in [0.1, 0.15) is 30.0 Å². The minimum Gasteiger partial charge on any atom is -0.504 e. The van der Waals surface area contributed by atoms with Crippen molar-refractivity contribution in [1.82, 2.24) is 24.6 Å². The van der Waals surface area contributed by atoms with Crippen LogP contribution in [0.2, 0.25) is 0 Å². The molecule has 0 spiro atoms. The Kier molecular flexibility index (Phi) is 13.3. The van der Waals surface area contributed by atoms with Gasteiger partial charge in [0.25, 0.3) is 0 Å². The lowest BCUT2D eigenvalue weighted by Gasteiger charge is -2.25. The maximum Gasteiger partial charge on any atom is 0.342 e. The molecule has 0 aliphatic rings. The number of ether oxygens (including phenoxy) is 3. The molecule has 0 unspecified atom stereocenters. The molecule has 4 rings (SSSR count). The van der Waals surface area contributed by atoms with Crippen molar-refractivity contribution in [3.05, 3.63) is 72.8 Å². The molecule has 0 saturated heterocycles. The normalized spacial score (nSPS) is 13.7. The monoisotopic (exact) mass is 670 g/mol. The highest BCUT2D eigenvalue weighted by molar-refractivity contribution is 7.57. The van der Waals surface area contributed by atoms with Crippen LogP contribution in [0.4, 0.5) is 5.82 Å². The van der Waals surface area contributed by atoms with E-state index in [0.29, 0.717) is 40.6 Å². The number of aromatic hydroxyl groups is 1. The van der Waals surface area contributed by atoms with Gasteiger partial charge in [-0.1, -0.05) is 24.3 Å². The number of aromatic nitrogens is 4. The highest BCUT2D eigenvalue weighted by Gasteiger charge is 2.32. The van der Waals surface area contributed by atoms with Crippen molar-refractivity contribution in [3.63, 3.8) is 0 Å². The molecule has 0 aliphatic heterocycles. The zero-order valence-electron chi connectivity index (χ0n) is 26.6. The number of carboxylic acid groups (broad SMARTS) is 1. The molecule has 5 N–H and O–H groups in total. The summed E-state index contributed by atoms with van der Waals surface area (Å²) in [5.41, 5.74) is 7.56. The van der Waals surface area contributed by atoms with Crippen LogP contribution < -0.4 is 20.1 Å². The first kappa shape index (κ1) is 36.5. The first-order chi connectivity index (χ1) is 22.3. The number of imidazole rings is 1. The van der Waals surface area contributed by atoms with E-state index in [4.69, 9.17) is 29.6 Å². The van der Waals surface area contributed by atoms with Crippen LogP contribution in [0.1, 0.15) is 33.3 Å². The van der Waals surface area contributed by atoms with Crippen molar-refractivity contribution in [2.45, 2.75) is 52.5 Å². The number of methoxy groups -OCH3 is 1. The summed E-state index contributed by atoms with van der Waals surface area (Å²) in [6.07, 6.45) is 4.45. The summed E-state index contributed by atoms with van der Waals surface area (Å²) in [6, 6.07) is 12.4. The molecule has 0 saturated carbocycles. The summed E-state index contributed by atoms with van der Waals surface area (Å²) in [5, 5.41) is 20.4. The quantitative estimate of drug-likeness (QED) is 0.0829. The molecule has 15 nitrogen and oxygen atoms in total. The summed E-state index contributed by atoms with van der Waals surface area (Å²) in [6.45, 7) is 7.25. The Morgan fingerprint density at radius 1 is 1.09 bits per heavy atom. The van der Waals surface area contributed by atoms with Crippen molar-refractivity contribution in [3.8, 4) is 17.2 Å². The molecule has 2 aromatic heterocycles. The number of hydrogen-bond acceptors (Lipinski definition) is 12. The predicted molar refractivity (Wildman–Crippen MR) is 175 cm³/mol. The van der Waals surface area contributed by atoms with Crippen molar-refractivity contribution in [2.24, 2.45) is 0 Å². The largest absolute Gasteiger partial charge is 0.504 e. The number of fused-ring (bicyclic) bond motifs is 1. The number of carboxylic acids is 1. The van der Waals surface area contributed by atoms with Gasteiger partial charge in [-0.05, 0) is 63.6 Å². The zero-order valence-corrected chi connectivity index (χ0v) is 27.5. The standard InChI is InChI=1S/C21H29N6O5P.C10H10O4/c1-14(2)31-21(28)16(4)26-33(29,32-17-8-6-5-7-9-17)13-30-15(3)10-27-12-25-18-19(22)23-11-24-20(18)27;1-14-9-6-7(2-4-8(9)11)3-5-10(12)13/h5-9,11-12,14-16H,10,13H2,1-4H3,(H,26,29)(H2,22,23,24);2-6,11H,1H3,(H,12,13)/b;5-3+/t15-,16+,33+;/m1./s1. The van der Waals surface area contributed by atoms with E-state index in [-0.39, 0.29) is 24.3 Å². The summed E-state index contributed by atoms with van der Waals surface area (Å²) in [7, 11) is -2.21. The number of carbonyl (C=O) groups excluding carboxylic acids is 1. The lowest BCUT2D eigenvalue weighted by atomic mass is 10.2. The van der Waals surface area contributed by atoms with Gasteiger partial charge in [-0.2, -0.15) is 0 Å². The molecule has 0 amide bonds. The molecule has 0 bridgehead atoms. The highest BCUT2D eigenvalue weighted by Crippen LogP contribution is 2.44. The number of carbonyl (C=O) groups is 2. The van der Waals surface area contributed by atoms with Crippen molar-refractivity contribution in [2.75, 3.05) is 19.2 Å². The number of phenolic OH excluding ortho intramolecular Hbond substituents is 1. The average Bonchev–Trinajstić information content (AvgIpc) is 3.43. The van der Waals surface area contributed by atoms with E-state index in [0.717, 1.165) is 6.08 Å². The molecular formula is C31H39N6O9P. The Hall–Kier alpha value is -4.98. The predicted octanol–water partition coefficient (Wildman–Crippen LogP) is 4.47. The number of phenols is 1. The van der Waals surface area contributed by atoms with Crippen LogP contribution in [0, 0.1) is 0 Å². The van der Waals surface area contributed by atoms with Gasteiger partial charge in [-0.25, -0.2) is 24.8 Å². The van der Waals surface area contributed by atoms with Crippen LogP contribution in [-0.4, -0.2) is 73.4 Å². The van der Waals surface area contributed by atoms with Crippen LogP contribution in [0.25, 0.3) is 17.2 Å². The van der Waals surface area contributed by atoms with Gasteiger partial charge in [0, 0.05) is 6.08 Å². The number of nitrogens with zero attached hydrogens (tertiary/aromatic N) is 4. The summed E-state index contributed by atoms with van der Waals surface area (Å²) in [4.78, 5) is 34.9. The van der Waals surface area contributed by atoms with Crippen LogP contribution in [0.3, 0.4) is 0 Å². The fourth-order valence-electron chi connectivity index (χ4n) is 3.98. The molecule has 2 heterocycles. The Bertz CT molecular complexity index is 1710. The van der Waals surface area contributed by atoms with E-state index in [9.17, 15) is 19.3 Å². The Morgan fingerprint density at radius 3 is 2.47 bits per heavy atom. The number of aliphatic carboxylic acids is 1. The van der Waals surface area contributed by atoms with Crippen LogP contribution in [0.15, 0.2) is 67.3 Å². The second-order valence-electron chi connectivity index (χ2n) is 10.5. The minimum atomic E-state index is -3.64. The minimum absolute atomic E-state index is 0.0278. The van der Waals surface area contributed by atoms with Crippen molar-refractivity contribution in [1.29, 1.82) is 0 Å². The molecule has 0 radical (unpaired) electrons. The van der Waals surface area contributed by atoms with Gasteiger partial charge in [0.2, 0.25) is 0 Å². The van der Waals surface area contributed by atoms with E-state index < -0.39 is 25.5 Å². The average molecular weight is 671 g/mol. The molecule has 0 aliphatic carbocycles. The third-order valence-corrected chi connectivity index (χ3v) is 7.90. The number of nitrogens with two attached hydrogens (primary N) is 1. The summed E-state index contributed by atoms with van der Waals surface area (Å²) < 4.78 is 37.1. The first-order valence-electron chi connectivity index (χ1n) is 14.4. The second kappa shape index (κ2) is 17.1. The van der Waals surface area contributed by atoms with E-state index >= 15 is 0 Å². The Balaban J connectivity index is 0.000000358. The van der Waals surface area contributed by atoms with Gasteiger partial charge in [0.15, 0.2) is 23.0 Å². The zero-order chi connectivity index (χ0) is 34.6.